The SMILES string of the molecule is CCOc1cc([C@H]2C3=CC[C@@H]4C(=O)N(c5cc([N+](=O)[O-])c(N(C)C)c([N+](=O)[O-])c5)C(=O)[C@@H]4[C@@H]3C[C@@]3(Cl)C(=O)N(c4ccc(F)cc4)C(=O)[C@@]23Cl)ccc1O. The number of ether oxygens (including phenoxy) is 1. The van der Waals surface area contributed by atoms with Crippen LogP contribution in [0.25, 0.3) is 0 Å². The Labute approximate surface area is 315 Å². The van der Waals surface area contributed by atoms with E-state index in [1.165, 1.54) is 49.3 Å². The molecule has 3 fully saturated rings. The van der Waals surface area contributed by atoms with Crippen molar-refractivity contribution >= 4 is 75.3 Å². The highest BCUT2D eigenvalue weighted by atomic mass is 35.5. The Kier molecular flexibility index (Phi) is 8.68. The van der Waals surface area contributed by atoms with Crippen molar-refractivity contribution in [2.45, 2.75) is 35.4 Å². The standard InChI is InChI=1S/C36H30Cl2FN5O10/c1-4-54-27-13-17(5-12-26(27)45)29-21-10-11-22-28(23(21)16-35(37)33(48)42(34(49)36(29,35)38)19-8-6-18(39)7-9-19)32(47)41(31(22)46)20-14-24(43(50)51)30(40(2)3)25(15-20)44(52)53/h5-10,12-15,22-23,28-29,45H,4,11,16H2,1-3H3/t22-,23+,28-,29-,35+,36-/m0/s1. The summed E-state index contributed by atoms with van der Waals surface area (Å²) in [5, 5.41) is 34.8. The Bertz CT molecular complexity index is 2200. The largest absolute Gasteiger partial charge is 0.504 e. The van der Waals surface area contributed by atoms with Crippen molar-refractivity contribution in [3.05, 3.63) is 97.9 Å². The number of phenolic OH excluding ortho intramolecular Hbond substituents is 1. The molecule has 2 heterocycles. The van der Waals surface area contributed by atoms with Gasteiger partial charge < -0.3 is 14.7 Å². The van der Waals surface area contributed by atoms with Crippen molar-refractivity contribution in [1.29, 1.82) is 0 Å². The maximum absolute atomic E-state index is 14.6. The van der Waals surface area contributed by atoms with Gasteiger partial charge in [-0.1, -0.05) is 17.7 Å². The molecule has 54 heavy (non-hydrogen) atoms. The van der Waals surface area contributed by atoms with Crippen LogP contribution in [0.3, 0.4) is 0 Å². The van der Waals surface area contributed by atoms with Crippen LogP contribution in [0.15, 0.2) is 66.2 Å². The number of nitro benzene ring substituents is 2. The summed E-state index contributed by atoms with van der Waals surface area (Å²) in [5.74, 6) is -8.96. The molecule has 1 N–H and O–H groups in total. The van der Waals surface area contributed by atoms with E-state index < -0.39 is 90.5 Å². The van der Waals surface area contributed by atoms with Gasteiger partial charge in [-0.3, -0.25) is 39.4 Å². The molecule has 15 nitrogen and oxygen atoms in total. The summed E-state index contributed by atoms with van der Waals surface area (Å²) >= 11 is 14.8. The zero-order valence-corrected chi connectivity index (χ0v) is 30.2. The van der Waals surface area contributed by atoms with Crippen molar-refractivity contribution in [2.75, 3.05) is 35.4 Å². The third-order valence-corrected chi connectivity index (χ3v) is 12.1. The molecule has 0 unspecified atom stereocenters. The van der Waals surface area contributed by atoms with E-state index in [1.54, 1.807) is 13.0 Å². The number of hydrogen-bond donors (Lipinski definition) is 1. The van der Waals surface area contributed by atoms with Crippen LogP contribution in [-0.2, 0) is 19.2 Å². The fourth-order valence-corrected chi connectivity index (χ4v) is 9.40. The Morgan fingerprint density at radius 2 is 1.54 bits per heavy atom. The zero-order chi connectivity index (χ0) is 39.2. The lowest BCUT2D eigenvalue weighted by molar-refractivity contribution is -0.392. The molecule has 280 valence electrons. The highest BCUT2D eigenvalue weighted by molar-refractivity contribution is 6.58. The van der Waals surface area contributed by atoms with Crippen molar-refractivity contribution in [2.24, 2.45) is 17.8 Å². The predicted molar refractivity (Wildman–Crippen MR) is 192 cm³/mol. The molecule has 7 rings (SSSR count). The van der Waals surface area contributed by atoms with Gasteiger partial charge in [-0.05, 0) is 67.6 Å². The molecule has 0 spiro atoms. The fraction of sp³-hybridized carbons (Fsp3) is 0.333. The molecule has 1 saturated carbocycles. The molecule has 18 heteroatoms. The summed E-state index contributed by atoms with van der Waals surface area (Å²) < 4.78 is 19.6. The molecular formula is C36H30Cl2FN5O10. The molecular weight excluding hydrogens is 752 g/mol. The van der Waals surface area contributed by atoms with Crippen LogP contribution < -0.4 is 19.4 Å². The Morgan fingerprint density at radius 1 is 0.907 bits per heavy atom. The first kappa shape index (κ1) is 36.7. The van der Waals surface area contributed by atoms with Gasteiger partial charge in [0.25, 0.3) is 11.8 Å². The molecule has 0 radical (unpaired) electrons. The zero-order valence-electron chi connectivity index (χ0n) is 28.7. The van der Waals surface area contributed by atoms with Crippen molar-refractivity contribution in [3.63, 3.8) is 0 Å². The molecule has 4 aliphatic rings. The first-order valence-electron chi connectivity index (χ1n) is 16.7. The van der Waals surface area contributed by atoms with Gasteiger partial charge in [-0.15, -0.1) is 23.2 Å². The summed E-state index contributed by atoms with van der Waals surface area (Å²) in [6.07, 6.45) is 1.15. The summed E-state index contributed by atoms with van der Waals surface area (Å²) in [6, 6.07) is 10.6. The molecule has 6 atom stereocenters. The number of carbonyl (C=O) groups is 4. The van der Waals surface area contributed by atoms with E-state index in [0.29, 0.717) is 10.5 Å². The van der Waals surface area contributed by atoms with Crippen molar-refractivity contribution < 1.29 is 43.3 Å². The van der Waals surface area contributed by atoms with Crippen LogP contribution in [0, 0.1) is 43.8 Å². The number of carbonyl (C=O) groups excluding carboxylic acids is 4. The molecule has 4 amide bonds. The van der Waals surface area contributed by atoms with E-state index in [4.69, 9.17) is 27.9 Å². The highest BCUT2D eigenvalue weighted by Crippen LogP contribution is 2.66. The van der Waals surface area contributed by atoms with Gasteiger partial charge in [-0.2, -0.15) is 0 Å². The maximum Gasteiger partial charge on any atom is 0.301 e. The number of aromatic hydroxyl groups is 1. The number of phenols is 1. The minimum atomic E-state index is -2.26. The number of allylic oxidation sites excluding steroid dienone is 2. The number of anilines is 3. The number of amides is 4. The first-order valence-corrected chi connectivity index (χ1v) is 17.4. The van der Waals surface area contributed by atoms with Crippen LogP contribution in [0.1, 0.15) is 31.2 Å². The second kappa shape index (κ2) is 12.8. The first-order chi connectivity index (χ1) is 25.5. The Balaban J connectivity index is 1.40. The lowest BCUT2D eigenvalue weighted by atomic mass is 9.56. The third kappa shape index (κ3) is 5.06. The lowest BCUT2D eigenvalue weighted by Crippen LogP contribution is -2.60. The minimum Gasteiger partial charge on any atom is -0.504 e. The Morgan fingerprint density at radius 3 is 2.11 bits per heavy atom. The van der Waals surface area contributed by atoms with Crippen LogP contribution in [0.2, 0.25) is 0 Å². The third-order valence-electron chi connectivity index (χ3n) is 10.7. The van der Waals surface area contributed by atoms with E-state index >= 15 is 0 Å². The molecule has 3 aromatic rings. The maximum atomic E-state index is 14.6. The number of nitro groups is 2. The molecule has 0 aromatic heterocycles. The number of halogens is 3. The van der Waals surface area contributed by atoms with Crippen LogP contribution in [-0.4, -0.2) is 69.0 Å². The number of hydrogen-bond acceptors (Lipinski definition) is 11. The number of benzene rings is 3. The quantitative estimate of drug-likeness (QED) is 0.0986. The van der Waals surface area contributed by atoms with E-state index in [1.807, 2.05) is 0 Å². The van der Waals surface area contributed by atoms with E-state index in [0.717, 1.165) is 29.2 Å². The van der Waals surface area contributed by atoms with Crippen LogP contribution in [0.5, 0.6) is 11.5 Å². The second-order valence-corrected chi connectivity index (χ2v) is 14.9. The average Bonchev–Trinajstić information content (AvgIpc) is 3.46. The summed E-state index contributed by atoms with van der Waals surface area (Å²) in [7, 11) is 2.75. The minimum absolute atomic E-state index is 0.0159. The smallest absolute Gasteiger partial charge is 0.301 e. The molecule has 3 aromatic carbocycles. The topological polar surface area (TPSA) is 194 Å². The lowest BCUT2D eigenvalue weighted by Gasteiger charge is -2.50. The molecule has 2 aliphatic heterocycles. The van der Waals surface area contributed by atoms with Gasteiger partial charge in [-0.25, -0.2) is 14.2 Å². The van der Waals surface area contributed by atoms with Gasteiger partial charge in [0.2, 0.25) is 11.8 Å². The summed E-state index contributed by atoms with van der Waals surface area (Å²) in [4.78, 5) is 78.4. The van der Waals surface area contributed by atoms with Gasteiger partial charge in [0.05, 0.1) is 39.7 Å². The van der Waals surface area contributed by atoms with Gasteiger partial charge in [0.15, 0.2) is 26.9 Å². The van der Waals surface area contributed by atoms with Crippen molar-refractivity contribution in [1.82, 2.24) is 0 Å². The van der Waals surface area contributed by atoms with Crippen LogP contribution in [0.4, 0.5) is 32.8 Å². The highest BCUT2D eigenvalue weighted by Gasteiger charge is 2.76. The number of alkyl halides is 2. The number of rotatable bonds is 8. The predicted octanol–water partition coefficient (Wildman–Crippen LogP) is 5.58. The number of imide groups is 2. The monoisotopic (exact) mass is 781 g/mol. The fourth-order valence-electron chi connectivity index (χ4n) is 8.46. The van der Waals surface area contributed by atoms with Gasteiger partial charge >= 0.3 is 11.4 Å². The summed E-state index contributed by atoms with van der Waals surface area (Å²) in [5.41, 5.74) is -1.50. The van der Waals surface area contributed by atoms with Gasteiger partial charge in [0, 0.05) is 32.1 Å². The Hall–Kier alpha value is -5.61. The second-order valence-electron chi connectivity index (χ2n) is 13.7. The number of fused-ring (bicyclic) bond motifs is 4. The molecule has 2 aliphatic carbocycles. The molecule has 2 saturated heterocycles. The van der Waals surface area contributed by atoms with Gasteiger partial charge in [0.1, 0.15) is 5.82 Å². The van der Waals surface area contributed by atoms with Crippen molar-refractivity contribution in [3.8, 4) is 11.5 Å². The average molecular weight is 783 g/mol. The molecule has 0 bridgehead atoms. The van der Waals surface area contributed by atoms with Crippen LogP contribution >= 0.6 is 23.2 Å². The van der Waals surface area contributed by atoms with E-state index in [9.17, 15) is 48.9 Å². The van der Waals surface area contributed by atoms with E-state index in [2.05, 4.69) is 0 Å². The summed E-state index contributed by atoms with van der Waals surface area (Å²) in [6.45, 7) is 1.83. The normalized spacial score (nSPS) is 27.3. The number of nitrogens with zero attached hydrogens (tertiary/aromatic N) is 5. The van der Waals surface area contributed by atoms with E-state index in [-0.39, 0.29) is 47.2 Å².